The predicted octanol–water partition coefficient (Wildman–Crippen LogP) is -0.783. The van der Waals surface area contributed by atoms with Crippen molar-refractivity contribution < 1.29 is 29.6 Å². The van der Waals surface area contributed by atoms with Crippen LogP contribution in [-0.2, 0) is 29.9 Å². The van der Waals surface area contributed by atoms with Crippen LogP contribution in [0.3, 0.4) is 0 Å². The van der Waals surface area contributed by atoms with Crippen molar-refractivity contribution in [3.05, 3.63) is 24.0 Å². The maximum Gasteiger partial charge on any atom is 0.247 e. The summed E-state index contributed by atoms with van der Waals surface area (Å²) >= 11 is 0. The molecule has 0 atom stereocenters. The number of hydrogen-bond acceptors (Lipinski definition) is 6. The predicted molar refractivity (Wildman–Crippen MR) is 70.0 cm³/mol. The minimum atomic E-state index is -4.31. The minimum absolute atomic E-state index is 0.447. The number of sulfonamides is 2. The third kappa shape index (κ3) is 5.40. The van der Waals surface area contributed by atoms with E-state index in [0.29, 0.717) is 18.4 Å². The first-order valence-electron chi connectivity index (χ1n) is 4.80. The number of rotatable bonds is 5. The Morgan fingerprint density at radius 3 is 2.10 bits per heavy atom. The Balaban J connectivity index is 3.20. The van der Waals surface area contributed by atoms with E-state index < -0.39 is 51.4 Å². The van der Waals surface area contributed by atoms with Crippen molar-refractivity contribution in [2.45, 2.75) is 4.90 Å². The molecule has 1 aromatic carbocycles. The standard InChI is InChI=1S/C8H11FN2O6S3/c1-18(12,13)5-19(14,15)11-7-2-6(9)3-8(4-7)20(10,16)17/h2-4,11H,5H2,1H3,(H2,10,16,17). The molecule has 0 aromatic heterocycles. The number of halogens is 1. The molecule has 0 unspecified atom stereocenters. The first-order chi connectivity index (χ1) is 8.78. The highest BCUT2D eigenvalue weighted by molar-refractivity contribution is 8.08. The maximum absolute atomic E-state index is 13.2. The second kappa shape index (κ2) is 5.27. The number of anilines is 1. The monoisotopic (exact) mass is 346 g/mol. The van der Waals surface area contributed by atoms with Gasteiger partial charge in [-0.1, -0.05) is 0 Å². The summed E-state index contributed by atoms with van der Waals surface area (Å²) in [5.74, 6) is -1.05. The number of sulfone groups is 1. The van der Waals surface area contributed by atoms with Gasteiger partial charge in [0.2, 0.25) is 20.0 Å². The lowest BCUT2D eigenvalue weighted by atomic mass is 10.3. The molecular formula is C8H11FN2O6S3. The maximum atomic E-state index is 13.2. The molecule has 8 nitrogen and oxygen atoms in total. The molecule has 12 heteroatoms. The van der Waals surface area contributed by atoms with Crippen LogP contribution in [0.2, 0.25) is 0 Å². The van der Waals surface area contributed by atoms with E-state index in [4.69, 9.17) is 5.14 Å². The van der Waals surface area contributed by atoms with Crippen molar-refractivity contribution in [2.75, 3.05) is 16.1 Å². The third-order valence-electron chi connectivity index (χ3n) is 1.84. The van der Waals surface area contributed by atoms with Gasteiger partial charge < -0.3 is 0 Å². The molecule has 0 aliphatic rings. The molecule has 20 heavy (non-hydrogen) atoms. The van der Waals surface area contributed by atoms with E-state index in [0.717, 1.165) is 6.07 Å². The van der Waals surface area contributed by atoms with Crippen LogP contribution in [0.1, 0.15) is 0 Å². The topological polar surface area (TPSA) is 140 Å². The second-order valence-electron chi connectivity index (χ2n) is 3.98. The van der Waals surface area contributed by atoms with Crippen molar-refractivity contribution in [2.24, 2.45) is 5.14 Å². The van der Waals surface area contributed by atoms with Crippen LogP contribution < -0.4 is 9.86 Å². The summed E-state index contributed by atoms with van der Waals surface area (Å²) in [4.78, 5) is -0.644. The Labute approximate surface area is 115 Å². The zero-order valence-corrected chi connectivity index (χ0v) is 12.5. The normalized spacial score (nSPS) is 13.2. The molecule has 0 amide bonds. The molecule has 1 rings (SSSR count). The lowest BCUT2D eigenvalue weighted by molar-refractivity contribution is 0.590. The highest BCUT2D eigenvalue weighted by Gasteiger charge is 2.19. The van der Waals surface area contributed by atoms with Crippen molar-refractivity contribution in [3.63, 3.8) is 0 Å². The average Bonchev–Trinajstić information content (AvgIpc) is 2.09. The zero-order chi connectivity index (χ0) is 15.8. The van der Waals surface area contributed by atoms with Crippen LogP contribution in [0.15, 0.2) is 23.1 Å². The highest BCUT2D eigenvalue weighted by Crippen LogP contribution is 2.18. The molecular weight excluding hydrogens is 335 g/mol. The van der Waals surface area contributed by atoms with E-state index >= 15 is 0 Å². The number of primary sulfonamides is 1. The van der Waals surface area contributed by atoms with Crippen LogP contribution in [0, 0.1) is 5.82 Å². The van der Waals surface area contributed by atoms with Gasteiger partial charge in [0, 0.05) is 6.26 Å². The molecule has 0 fully saturated rings. The third-order valence-corrected chi connectivity index (χ3v) is 6.24. The molecule has 1 aromatic rings. The zero-order valence-electron chi connectivity index (χ0n) is 10.1. The molecule has 0 bridgehead atoms. The molecule has 0 aliphatic carbocycles. The number of hydrogen-bond donors (Lipinski definition) is 2. The van der Waals surface area contributed by atoms with E-state index in [2.05, 4.69) is 0 Å². The van der Waals surface area contributed by atoms with Crippen LogP contribution in [-0.4, -0.2) is 36.6 Å². The molecule has 0 spiro atoms. The first kappa shape index (κ1) is 16.8. The molecule has 114 valence electrons. The highest BCUT2D eigenvalue weighted by atomic mass is 32.3. The van der Waals surface area contributed by atoms with Crippen LogP contribution in [0.25, 0.3) is 0 Å². The summed E-state index contributed by atoms with van der Waals surface area (Å²) < 4.78 is 81.9. The summed E-state index contributed by atoms with van der Waals surface area (Å²) in [5.41, 5.74) is -0.447. The number of nitrogens with one attached hydrogen (secondary N) is 1. The van der Waals surface area contributed by atoms with Gasteiger partial charge in [-0.2, -0.15) is 0 Å². The van der Waals surface area contributed by atoms with Crippen molar-refractivity contribution in [3.8, 4) is 0 Å². The van der Waals surface area contributed by atoms with Crippen molar-refractivity contribution in [1.29, 1.82) is 0 Å². The van der Waals surface area contributed by atoms with Gasteiger partial charge in [0.25, 0.3) is 0 Å². The summed E-state index contributed by atoms with van der Waals surface area (Å²) in [6.45, 7) is 0. The van der Waals surface area contributed by atoms with Gasteiger partial charge in [-0.15, -0.1) is 0 Å². The van der Waals surface area contributed by atoms with Crippen LogP contribution in [0.5, 0.6) is 0 Å². The summed E-state index contributed by atoms with van der Waals surface area (Å²) in [7, 11) is -12.4. The van der Waals surface area contributed by atoms with E-state index in [1.54, 1.807) is 4.72 Å². The second-order valence-corrected chi connectivity index (χ2v) is 9.77. The van der Waals surface area contributed by atoms with Gasteiger partial charge in [0.1, 0.15) is 5.82 Å². The smallest absolute Gasteiger partial charge is 0.247 e. The van der Waals surface area contributed by atoms with Gasteiger partial charge in [0.15, 0.2) is 14.9 Å². The van der Waals surface area contributed by atoms with E-state index in [9.17, 15) is 29.6 Å². The summed E-state index contributed by atoms with van der Waals surface area (Å²) in [5, 5.41) is 3.57. The van der Waals surface area contributed by atoms with Gasteiger partial charge in [-0.3, -0.25) is 4.72 Å². The Bertz CT molecular complexity index is 829. The lowest BCUT2D eigenvalue weighted by Gasteiger charge is -2.08. The molecule has 3 N–H and O–H groups in total. The first-order valence-corrected chi connectivity index (χ1v) is 10.1. The summed E-state index contributed by atoms with van der Waals surface area (Å²) in [6, 6.07) is 2.07. The van der Waals surface area contributed by atoms with Crippen LogP contribution >= 0.6 is 0 Å². The molecule has 0 radical (unpaired) electrons. The summed E-state index contributed by atoms with van der Waals surface area (Å²) in [6.07, 6.45) is 0.702. The molecule has 0 aliphatic heterocycles. The average molecular weight is 346 g/mol. The van der Waals surface area contributed by atoms with Gasteiger partial charge in [-0.25, -0.2) is 34.8 Å². The fraction of sp³-hybridized carbons (Fsp3) is 0.250. The fourth-order valence-electron chi connectivity index (χ4n) is 1.28. The molecule has 0 saturated heterocycles. The van der Waals surface area contributed by atoms with E-state index in [1.165, 1.54) is 0 Å². The number of nitrogens with two attached hydrogens (primary N) is 1. The minimum Gasteiger partial charge on any atom is -0.283 e. The van der Waals surface area contributed by atoms with Crippen molar-refractivity contribution in [1.82, 2.24) is 0 Å². The Morgan fingerprint density at radius 2 is 1.65 bits per heavy atom. The van der Waals surface area contributed by atoms with E-state index in [1.807, 2.05) is 0 Å². The molecule has 0 heterocycles. The lowest BCUT2D eigenvalue weighted by Crippen LogP contribution is -2.22. The van der Waals surface area contributed by atoms with Gasteiger partial charge in [0.05, 0.1) is 10.6 Å². The van der Waals surface area contributed by atoms with Gasteiger partial charge >= 0.3 is 0 Å². The quantitative estimate of drug-likeness (QED) is 0.716. The van der Waals surface area contributed by atoms with Crippen LogP contribution in [0.4, 0.5) is 10.1 Å². The Morgan fingerprint density at radius 1 is 1.10 bits per heavy atom. The largest absolute Gasteiger partial charge is 0.283 e. The fourth-order valence-corrected chi connectivity index (χ4v) is 4.81. The molecule has 0 saturated carbocycles. The Hall–Kier alpha value is -1.24. The van der Waals surface area contributed by atoms with Crippen molar-refractivity contribution >= 4 is 35.6 Å². The van der Waals surface area contributed by atoms with Gasteiger partial charge in [-0.05, 0) is 18.2 Å². The SMILES string of the molecule is CS(=O)(=O)CS(=O)(=O)Nc1cc(F)cc(S(N)(=O)=O)c1. The Kier molecular flexibility index (Phi) is 4.43. The number of benzene rings is 1. The van der Waals surface area contributed by atoms with E-state index in [-0.39, 0.29) is 0 Å².